The van der Waals surface area contributed by atoms with E-state index in [0.717, 1.165) is 27.5 Å². The molecule has 3 atom stereocenters. The lowest BCUT2D eigenvalue weighted by atomic mass is 9.82. The van der Waals surface area contributed by atoms with Crippen molar-refractivity contribution in [1.82, 2.24) is 14.4 Å². The molecule has 5 aromatic rings. The number of unbranched alkanes of at least 4 members (excludes halogenated alkanes) is 1. The number of rotatable bonds is 12. The summed E-state index contributed by atoms with van der Waals surface area (Å²) >= 11 is 0. The maximum absolute atomic E-state index is 15.1. The van der Waals surface area contributed by atoms with Gasteiger partial charge in [-0.2, -0.15) is 4.31 Å². The second-order valence-corrected chi connectivity index (χ2v) is 14.7. The van der Waals surface area contributed by atoms with Gasteiger partial charge in [0.25, 0.3) is 17.7 Å². The van der Waals surface area contributed by atoms with Crippen LogP contribution in [0.5, 0.6) is 0 Å². The number of aryl methyl sites for hydroxylation is 2. The van der Waals surface area contributed by atoms with E-state index in [9.17, 15) is 18.0 Å². The number of sulfonamides is 1. The zero-order chi connectivity index (χ0) is 36.2. The zero-order valence-corrected chi connectivity index (χ0v) is 29.7. The molecule has 11 heteroatoms. The van der Waals surface area contributed by atoms with Crippen LogP contribution in [-0.4, -0.2) is 65.4 Å². The smallest absolute Gasteiger partial charge is 0.266 e. The van der Waals surface area contributed by atoms with Crippen molar-refractivity contribution in [3.8, 4) is 11.3 Å². The molecule has 0 aliphatic rings. The summed E-state index contributed by atoms with van der Waals surface area (Å²) in [6.45, 7) is 6.88. The molecular formula is C39H42N4O6S. The molecule has 1 aromatic heterocycles. The Balaban J connectivity index is 1.77. The number of amides is 3. The van der Waals surface area contributed by atoms with Crippen LogP contribution in [0.3, 0.4) is 0 Å². The van der Waals surface area contributed by atoms with Gasteiger partial charge in [-0.15, -0.1) is 0 Å². The first-order valence-electron chi connectivity index (χ1n) is 16.5. The minimum Gasteiger partial charge on any atom is -0.356 e. The number of fused-ring (bicyclic) bond motifs is 1. The van der Waals surface area contributed by atoms with Crippen molar-refractivity contribution in [3.05, 3.63) is 125 Å². The lowest BCUT2D eigenvalue weighted by Gasteiger charge is -2.37. The topological polar surface area (TPSA) is 144 Å². The fourth-order valence-electron chi connectivity index (χ4n) is 6.24. The summed E-state index contributed by atoms with van der Waals surface area (Å²) in [5, 5.41) is 5.62. The summed E-state index contributed by atoms with van der Waals surface area (Å²) in [6.07, 6.45) is 2.27. The van der Waals surface area contributed by atoms with Gasteiger partial charge in [-0.3, -0.25) is 14.4 Å². The average Bonchev–Trinajstić information content (AvgIpc) is 3.64. The Bertz CT molecular complexity index is 2090. The SMILES string of the molecule is CCCCS(=O)(=O)N(C(=O)[C@H](C)N)C(=O)[C@H](C(c1ccc(-c2ccno2)cc1)c1ccc2ccccc2c1)N(C)C(=O)c1cc(C)cc(C)c1. The zero-order valence-electron chi connectivity index (χ0n) is 28.9. The molecule has 2 N–H and O–H groups in total. The van der Waals surface area contributed by atoms with Gasteiger partial charge in [0.1, 0.15) is 6.04 Å². The van der Waals surface area contributed by atoms with E-state index in [1.165, 1.54) is 25.1 Å². The van der Waals surface area contributed by atoms with Crippen molar-refractivity contribution in [1.29, 1.82) is 0 Å². The second kappa shape index (κ2) is 15.2. The second-order valence-electron chi connectivity index (χ2n) is 12.7. The van der Waals surface area contributed by atoms with E-state index >= 15 is 4.79 Å². The minimum atomic E-state index is -4.48. The van der Waals surface area contributed by atoms with Gasteiger partial charge in [-0.1, -0.05) is 102 Å². The summed E-state index contributed by atoms with van der Waals surface area (Å²) in [5.41, 5.74) is 9.94. The third kappa shape index (κ3) is 7.69. The van der Waals surface area contributed by atoms with E-state index in [1.54, 1.807) is 42.5 Å². The number of benzene rings is 4. The predicted octanol–water partition coefficient (Wildman–Crippen LogP) is 6.22. The van der Waals surface area contributed by atoms with Crippen molar-refractivity contribution >= 4 is 38.5 Å². The fourth-order valence-corrected chi connectivity index (χ4v) is 7.90. The van der Waals surface area contributed by atoms with Crippen LogP contribution in [0.15, 0.2) is 102 Å². The van der Waals surface area contributed by atoms with E-state index < -0.39 is 51.5 Å². The minimum absolute atomic E-state index is 0.220. The van der Waals surface area contributed by atoms with Crippen LogP contribution in [0.4, 0.5) is 0 Å². The van der Waals surface area contributed by atoms with Gasteiger partial charge in [0.15, 0.2) is 5.76 Å². The Kier molecular flexibility index (Phi) is 11.0. The Hall–Kier alpha value is -5.13. The molecule has 50 heavy (non-hydrogen) atoms. The van der Waals surface area contributed by atoms with Gasteiger partial charge >= 0.3 is 0 Å². The van der Waals surface area contributed by atoms with Crippen molar-refractivity contribution in [3.63, 3.8) is 0 Å². The van der Waals surface area contributed by atoms with Crippen molar-refractivity contribution in [2.45, 2.75) is 58.5 Å². The number of imide groups is 1. The van der Waals surface area contributed by atoms with Gasteiger partial charge in [0, 0.05) is 30.2 Å². The molecule has 0 radical (unpaired) electrons. The van der Waals surface area contributed by atoms with Gasteiger partial charge in [-0.05, 0) is 61.2 Å². The number of nitrogens with two attached hydrogens (primary N) is 1. The predicted molar refractivity (Wildman–Crippen MR) is 194 cm³/mol. The lowest BCUT2D eigenvalue weighted by Crippen LogP contribution is -2.58. The number of hydrogen-bond acceptors (Lipinski definition) is 8. The van der Waals surface area contributed by atoms with Gasteiger partial charge in [0.05, 0.1) is 18.0 Å². The average molecular weight is 695 g/mol. The fraction of sp³-hybridized carbons (Fsp3) is 0.282. The summed E-state index contributed by atoms with van der Waals surface area (Å²) in [4.78, 5) is 44.4. The van der Waals surface area contributed by atoms with Crippen molar-refractivity contribution < 1.29 is 27.3 Å². The molecule has 0 aliphatic carbocycles. The summed E-state index contributed by atoms with van der Waals surface area (Å²) in [6, 6.07) is 24.9. The molecule has 5 rings (SSSR count). The molecule has 0 saturated carbocycles. The molecule has 1 unspecified atom stereocenters. The molecule has 1 heterocycles. The van der Waals surface area contributed by atoms with Gasteiger partial charge in [0.2, 0.25) is 10.0 Å². The molecule has 3 amide bonds. The van der Waals surface area contributed by atoms with Gasteiger partial charge in [-0.25, -0.2) is 8.42 Å². The molecule has 0 aliphatic heterocycles. The van der Waals surface area contributed by atoms with E-state index in [2.05, 4.69) is 5.16 Å². The molecule has 0 bridgehead atoms. The normalized spacial score (nSPS) is 13.4. The van der Waals surface area contributed by atoms with Crippen LogP contribution in [0.2, 0.25) is 0 Å². The number of hydrogen-bond donors (Lipinski definition) is 1. The molecular weight excluding hydrogens is 653 g/mol. The Morgan fingerprint density at radius 1 is 0.840 bits per heavy atom. The van der Waals surface area contributed by atoms with Crippen LogP contribution in [0.1, 0.15) is 65.2 Å². The van der Waals surface area contributed by atoms with Crippen molar-refractivity contribution in [2.24, 2.45) is 5.73 Å². The maximum Gasteiger partial charge on any atom is 0.266 e. The van der Waals surface area contributed by atoms with Crippen LogP contribution >= 0.6 is 0 Å². The van der Waals surface area contributed by atoms with Crippen LogP contribution in [0, 0.1) is 13.8 Å². The van der Waals surface area contributed by atoms with E-state index in [-0.39, 0.29) is 6.42 Å². The number of nitrogens with zero attached hydrogens (tertiary/aromatic N) is 3. The van der Waals surface area contributed by atoms with Crippen LogP contribution < -0.4 is 5.73 Å². The summed E-state index contributed by atoms with van der Waals surface area (Å²) < 4.78 is 33.4. The quantitative estimate of drug-likeness (QED) is 0.162. The number of aromatic nitrogens is 1. The Morgan fingerprint density at radius 2 is 1.48 bits per heavy atom. The molecule has 4 aromatic carbocycles. The molecule has 0 fully saturated rings. The van der Waals surface area contributed by atoms with Crippen molar-refractivity contribution in [2.75, 3.05) is 12.8 Å². The number of carbonyl (C=O) groups excluding carboxylic acids is 3. The first-order valence-corrected chi connectivity index (χ1v) is 18.1. The monoisotopic (exact) mass is 694 g/mol. The Labute approximate surface area is 292 Å². The Morgan fingerprint density at radius 3 is 2.08 bits per heavy atom. The highest BCUT2D eigenvalue weighted by Crippen LogP contribution is 2.36. The summed E-state index contributed by atoms with van der Waals surface area (Å²) in [7, 11) is -3.02. The molecule has 10 nitrogen and oxygen atoms in total. The number of carbonyl (C=O) groups is 3. The molecule has 0 spiro atoms. The highest BCUT2D eigenvalue weighted by Gasteiger charge is 2.45. The largest absolute Gasteiger partial charge is 0.356 e. The van der Waals surface area contributed by atoms with E-state index in [0.29, 0.717) is 33.2 Å². The lowest BCUT2D eigenvalue weighted by molar-refractivity contribution is -0.142. The van der Waals surface area contributed by atoms with E-state index in [4.69, 9.17) is 10.3 Å². The molecule has 0 saturated heterocycles. The number of likely N-dealkylation sites (N-methyl/N-ethyl adjacent to an activating group) is 1. The first kappa shape index (κ1) is 36.2. The highest BCUT2D eigenvalue weighted by molar-refractivity contribution is 7.90. The van der Waals surface area contributed by atoms with E-state index in [1.807, 2.05) is 69.3 Å². The van der Waals surface area contributed by atoms with Crippen LogP contribution in [-0.2, 0) is 19.6 Å². The maximum atomic E-state index is 15.1. The third-order valence-electron chi connectivity index (χ3n) is 8.72. The molecule has 260 valence electrons. The third-order valence-corrected chi connectivity index (χ3v) is 10.4. The van der Waals surface area contributed by atoms with Crippen LogP contribution in [0.25, 0.3) is 22.1 Å². The highest BCUT2D eigenvalue weighted by atomic mass is 32.2. The first-order chi connectivity index (χ1) is 23.8. The summed E-state index contributed by atoms with van der Waals surface area (Å²) in [5.74, 6) is -3.49. The van der Waals surface area contributed by atoms with Gasteiger partial charge < -0.3 is 15.2 Å². The standard InChI is InChI=1S/C39H42N4O6S/c1-6-7-20-50(47,48)43(37(44)27(4)40)39(46)36(42(5)38(45)33-22-25(2)21-26(3)23-33)35(32-17-12-28-10-8-9-11-31(28)24-32)30-15-13-29(14-16-30)34-18-19-41-49-34/h8-19,21-24,27,35-36H,6-7,20,40H2,1-5H3/t27-,35?,36-/m0/s1.